The highest BCUT2D eigenvalue weighted by molar-refractivity contribution is 7.94. The van der Waals surface area contributed by atoms with Gasteiger partial charge in [-0.1, -0.05) is 17.9 Å². The summed E-state index contributed by atoms with van der Waals surface area (Å²) in [5.41, 5.74) is 8.36. The van der Waals surface area contributed by atoms with E-state index in [0.29, 0.717) is 35.8 Å². The molecule has 2 rings (SSSR count). The molecule has 1 heterocycles. The van der Waals surface area contributed by atoms with Gasteiger partial charge in [0.05, 0.1) is 0 Å². The molecule has 0 fully saturated rings. The van der Waals surface area contributed by atoms with Crippen molar-refractivity contribution in [2.75, 3.05) is 18.0 Å². The molecular weight excluding hydrogens is 401 g/mol. The number of amidine groups is 1. The number of benzene rings is 1. The van der Waals surface area contributed by atoms with Crippen LogP contribution in [-0.4, -0.2) is 29.0 Å². The fraction of sp³-hybridized carbons (Fsp3) is 0.227. The largest absolute Gasteiger partial charge is 0.391 e. The minimum absolute atomic E-state index is 0.0343. The summed E-state index contributed by atoms with van der Waals surface area (Å²) in [7, 11) is 0. The average molecular weight is 426 g/mol. The number of anilines is 1. The van der Waals surface area contributed by atoms with Gasteiger partial charge in [-0.3, -0.25) is 10.2 Å². The van der Waals surface area contributed by atoms with Crippen molar-refractivity contribution in [2.24, 2.45) is 0 Å². The van der Waals surface area contributed by atoms with Crippen LogP contribution in [0.1, 0.15) is 39.9 Å². The Morgan fingerprint density at radius 1 is 1.30 bits per heavy atom. The molecule has 6 nitrogen and oxygen atoms in total. The molecule has 1 aromatic carbocycles. The van der Waals surface area contributed by atoms with Crippen molar-refractivity contribution in [1.29, 1.82) is 5.41 Å². The van der Waals surface area contributed by atoms with E-state index >= 15 is 0 Å². The fourth-order valence-corrected chi connectivity index (χ4v) is 2.68. The topological polar surface area (TPSA) is 104 Å². The standard InChI is InChI=1S/C22H24FN5OS/c1-16-4-7-19(14-18(16)8-5-17-6-9-20(24)27-15-17)22(29)28-21(25)10-12-26-11-2-3-13-30-23/h4,6-7,9-10,12,14-15,26H,2-3,11,13H2,1H3,(H2,24,27)(H2,25,28,29)/b12-10-. The second-order valence-corrected chi connectivity index (χ2v) is 7.05. The molecule has 0 aliphatic rings. The van der Waals surface area contributed by atoms with Crippen LogP contribution in [0.5, 0.6) is 0 Å². The third kappa shape index (κ3) is 7.97. The van der Waals surface area contributed by atoms with Gasteiger partial charge in [0.25, 0.3) is 5.91 Å². The van der Waals surface area contributed by atoms with Gasteiger partial charge < -0.3 is 16.4 Å². The van der Waals surface area contributed by atoms with E-state index in [0.717, 1.165) is 29.5 Å². The Morgan fingerprint density at radius 2 is 2.13 bits per heavy atom. The van der Waals surface area contributed by atoms with E-state index < -0.39 is 0 Å². The Morgan fingerprint density at radius 3 is 2.87 bits per heavy atom. The fourth-order valence-electron chi connectivity index (χ4n) is 2.36. The molecule has 0 saturated heterocycles. The zero-order valence-corrected chi connectivity index (χ0v) is 17.5. The van der Waals surface area contributed by atoms with Gasteiger partial charge in [0, 0.05) is 53.5 Å². The van der Waals surface area contributed by atoms with E-state index in [4.69, 9.17) is 11.1 Å². The molecule has 0 spiro atoms. The van der Waals surface area contributed by atoms with Crippen molar-refractivity contribution in [3.63, 3.8) is 0 Å². The summed E-state index contributed by atoms with van der Waals surface area (Å²) in [5.74, 6) is 6.54. The molecular formula is C22H24FN5OS. The van der Waals surface area contributed by atoms with Gasteiger partial charge in [-0.15, -0.1) is 0 Å². The number of carbonyl (C=O) groups excluding carboxylic acids is 1. The van der Waals surface area contributed by atoms with Gasteiger partial charge in [0.1, 0.15) is 11.7 Å². The van der Waals surface area contributed by atoms with E-state index in [-0.39, 0.29) is 11.7 Å². The number of carbonyl (C=O) groups is 1. The first-order valence-corrected chi connectivity index (χ1v) is 10.3. The van der Waals surface area contributed by atoms with Crippen LogP contribution in [0.2, 0.25) is 0 Å². The van der Waals surface area contributed by atoms with Gasteiger partial charge >= 0.3 is 0 Å². The van der Waals surface area contributed by atoms with E-state index in [1.54, 1.807) is 36.7 Å². The van der Waals surface area contributed by atoms with Crippen LogP contribution >= 0.6 is 12.1 Å². The number of unbranched alkanes of at least 4 members (excludes halogenated alkanes) is 1. The zero-order valence-electron chi connectivity index (χ0n) is 16.7. The predicted octanol–water partition coefficient (Wildman–Crippen LogP) is 3.58. The minimum Gasteiger partial charge on any atom is -0.391 e. The number of halogens is 1. The Kier molecular flexibility index (Phi) is 9.42. The maximum Gasteiger partial charge on any atom is 0.256 e. The van der Waals surface area contributed by atoms with E-state index in [1.807, 2.05) is 13.0 Å². The number of aryl methyl sites for hydroxylation is 1. The third-order valence-corrected chi connectivity index (χ3v) is 4.48. The summed E-state index contributed by atoms with van der Waals surface area (Å²) in [6.45, 7) is 2.59. The number of hydrogen-bond acceptors (Lipinski definition) is 6. The molecule has 8 heteroatoms. The van der Waals surface area contributed by atoms with Crippen LogP contribution in [-0.2, 0) is 0 Å². The highest BCUT2D eigenvalue weighted by atomic mass is 32.2. The molecule has 0 aliphatic carbocycles. The highest BCUT2D eigenvalue weighted by Crippen LogP contribution is 2.11. The van der Waals surface area contributed by atoms with Crippen molar-refractivity contribution in [3.8, 4) is 11.8 Å². The van der Waals surface area contributed by atoms with Crippen LogP contribution in [0.3, 0.4) is 0 Å². The molecule has 1 aromatic heterocycles. The van der Waals surface area contributed by atoms with Crippen LogP contribution in [0.4, 0.5) is 9.70 Å². The number of hydrogen-bond donors (Lipinski definition) is 4. The number of amides is 1. The summed E-state index contributed by atoms with van der Waals surface area (Å²) in [4.78, 5) is 16.4. The number of nitrogens with zero attached hydrogens (tertiary/aromatic N) is 1. The SMILES string of the molecule is Cc1ccc(C(=O)NC(=N)/C=C\NCCCCSF)cc1C#Cc1ccc(N)nc1. The highest BCUT2D eigenvalue weighted by Gasteiger charge is 2.08. The van der Waals surface area contributed by atoms with Crippen molar-refractivity contribution in [3.05, 3.63) is 71.1 Å². The van der Waals surface area contributed by atoms with E-state index in [1.165, 1.54) is 6.08 Å². The number of nitrogens with one attached hydrogen (secondary N) is 3. The predicted molar refractivity (Wildman–Crippen MR) is 121 cm³/mol. The number of rotatable bonds is 8. The average Bonchev–Trinajstić information content (AvgIpc) is 2.73. The van der Waals surface area contributed by atoms with Crippen LogP contribution in [0, 0.1) is 24.2 Å². The lowest BCUT2D eigenvalue weighted by Crippen LogP contribution is -2.28. The van der Waals surface area contributed by atoms with E-state index in [2.05, 4.69) is 27.5 Å². The van der Waals surface area contributed by atoms with Crippen molar-refractivity contribution < 1.29 is 8.68 Å². The summed E-state index contributed by atoms with van der Waals surface area (Å²) >= 11 is 0.336. The lowest BCUT2D eigenvalue weighted by atomic mass is 10.0. The quantitative estimate of drug-likeness (QED) is 0.224. The molecule has 0 bridgehead atoms. The second-order valence-electron chi connectivity index (χ2n) is 6.43. The number of nitrogen functional groups attached to an aromatic ring is 1. The van der Waals surface area contributed by atoms with Crippen LogP contribution in [0.25, 0.3) is 0 Å². The first-order chi connectivity index (χ1) is 14.5. The molecule has 1 amide bonds. The first kappa shape index (κ1) is 23.0. The smallest absolute Gasteiger partial charge is 0.256 e. The van der Waals surface area contributed by atoms with Gasteiger partial charge in [-0.2, -0.15) is 3.89 Å². The first-order valence-electron chi connectivity index (χ1n) is 9.37. The lowest BCUT2D eigenvalue weighted by molar-refractivity contribution is 0.0977. The summed E-state index contributed by atoms with van der Waals surface area (Å²) in [5, 5.41) is 13.4. The van der Waals surface area contributed by atoms with Crippen molar-refractivity contribution in [2.45, 2.75) is 19.8 Å². The van der Waals surface area contributed by atoms with Gasteiger partial charge in [0.2, 0.25) is 0 Å². The molecule has 156 valence electrons. The van der Waals surface area contributed by atoms with Crippen LogP contribution in [0.15, 0.2) is 48.8 Å². The molecule has 5 N–H and O–H groups in total. The zero-order chi connectivity index (χ0) is 21.8. The van der Waals surface area contributed by atoms with Crippen LogP contribution < -0.4 is 16.4 Å². The van der Waals surface area contributed by atoms with Gasteiger partial charge in [-0.25, -0.2) is 4.98 Å². The Bertz CT molecular complexity index is 964. The summed E-state index contributed by atoms with van der Waals surface area (Å²) in [6.07, 6.45) is 6.27. The summed E-state index contributed by atoms with van der Waals surface area (Å²) < 4.78 is 11.9. The molecule has 2 aromatic rings. The molecule has 0 aliphatic heterocycles. The van der Waals surface area contributed by atoms with Crippen molar-refractivity contribution >= 4 is 29.7 Å². The third-order valence-electron chi connectivity index (χ3n) is 4.04. The Balaban J connectivity index is 1.94. The summed E-state index contributed by atoms with van der Waals surface area (Å²) in [6, 6.07) is 8.66. The maximum atomic E-state index is 12.4. The van der Waals surface area contributed by atoms with Gasteiger partial charge in [0.15, 0.2) is 0 Å². The van der Waals surface area contributed by atoms with Gasteiger partial charge in [-0.05, 0) is 55.7 Å². The number of aromatic nitrogens is 1. The molecule has 0 atom stereocenters. The maximum absolute atomic E-state index is 12.4. The lowest BCUT2D eigenvalue weighted by Gasteiger charge is -2.06. The minimum atomic E-state index is -0.387. The second kappa shape index (κ2) is 12.3. The van der Waals surface area contributed by atoms with Crippen molar-refractivity contribution in [1.82, 2.24) is 15.6 Å². The Labute approximate surface area is 180 Å². The number of pyridine rings is 1. The normalized spacial score (nSPS) is 10.3. The Hall–Kier alpha value is -3.31. The monoisotopic (exact) mass is 425 g/mol. The van der Waals surface area contributed by atoms with E-state index in [9.17, 15) is 8.68 Å². The molecule has 0 saturated carbocycles. The molecule has 30 heavy (non-hydrogen) atoms. The number of nitrogens with two attached hydrogens (primary N) is 1. The molecule has 0 unspecified atom stereocenters. The molecule has 0 radical (unpaired) electrons.